The zero-order chi connectivity index (χ0) is 16.2. The second-order valence-corrected chi connectivity index (χ2v) is 6.45. The summed E-state index contributed by atoms with van der Waals surface area (Å²) in [5.74, 6) is -1.24. The highest BCUT2D eigenvalue weighted by Gasteiger charge is 2.41. The van der Waals surface area contributed by atoms with Crippen LogP contribution in [0, 0.1) is 11.8 Å². The normalized spacial score (nSPS) is 25.0. The van der Waals surface area contributed by atoms with E-state index in [1.165, 1.54) is 0 Å². The molecule has 0 bridgehead atoms. The van der Waals surface area contributed by atoms with Crippen molar-refractivity contribution in [1.82, 2.24) is 4.90 Å². The van der Waals surface area contributed by atoms with Crippen LogP contribution in [0.2, 0.25) is 0 Å². The Morgan fingerprint density at radius 1 is 1.19 bits per heavy atom. The van der Waals surface area contributed by atoms with Gasteiger partial charge in [-0.25, -0.2) is 0 Å². The van der Waals surface area contributed by atoms with Gasteiger partial charge in [-0.15, -0.1) is 0 Å². The Balaban J connectivity index is 2.48. The molecular formula is C15H26F3NO2. The van der Waals surface area contributed by atoms with Gasteiger partial charge in [0, 0.05) is 19.0 Å². The van der Waals surface area contributed by atoms with E-state index < -0.39 is 18.2 Å². The Hall–Kier alpha value is -0.780. The van der Waals surface area contributed by atoms with Gasteiger partial charge in [0.05, 0.1) is 12.0 Å². The Bertz CT molecular complexity index is 334. The van der Waals surface area contributed by atoms with E-state index in [0.717, 1.165) is 0 Å². The first-order valence-electron chi connectivity index (χ1n) is 7.65. The minimum absolute atomic E-state index is 0.0152. The van der Waals surface area contributed by atoms with Crippen molar-refractivity contribution < 1.29 is 23.1 Å². The van der Waals surface area contributed by atoms with Gasteiger partial charge in [-0.1, -0.05) is 0 Å². The second-order valence-electron chi connectivity index (χ2n) is 6.45. The predicted octanol–water partition coefficient (Wildman–Crippen LogP) is 3.36. The van der Waals surface area contributed by atoms with Crippen molar-refractivity contribution in [2.75, 3.05) is 6.54 Å². The van der Waals surface area contributed by atoms with Crippen LogP contribution in [-0.4, -0.2) is 40.8 Å². The largest absolute Gasteiger partial charge is 0.392 e. The summed E-state index contributed by atoms with van der Waals surface area (Å²) in [4.78, 5) is 13.9. The molecule has 124 valence electrons. The minimum atomic E-state index is -4.11. The number of alkyl halides is 3. The Kier molecular flexibility index (Phi) is 6.50. The van der Waals surface area contributed by atoms with E-state index in [1.807, 2.05) is 13.8 Å². The van der Waals surface area contributed by atoms with Crippen LogP contribution >= 0.6 is 0 Å². The summed E-state index contributed by atoms with van der Waals surface area (Å²) in [5.41, 5.74) is 0. The molecule has 1 N–H and O–H groups in total. The van der Waals surface area contributed by atoms with Gasteiger partial charge in [0.25, 0.3) is 0 Å². The smallest absolute Gasteiger partial charge is 0.391 e. The fourth-order valence-electron chi connectivity index (χ4n) is 2.94. The molecule has 1 amide bonds. The van der Waals surface area contributed by atoms with Gasteiger partial charge in [0.2, 0.25) is 5.91 Å². The molecule has 6 heteroatoms. The molecule has 1 aliphatic carbocycles. The number of carbonyl (C=O) groups excluding carboxylic acids is 1. The monoisotopic (exact) mass is 309 g/mol. The van der Waals surface area contributed by atoms with Crippen molar-refractivity contribution >= 4 is 5.91 Å². The molecule has 0 saturated heterocycles. The van der Waals surface area contributed by atoms with Crippen LogP contribution < -0.4 is 0 Å². The molecule has 0 unspecified atom stereocenters. The predicted molar refractivity (Wildman–Crippen MR) is 74.6 cm³/mol. The number of hydrogen-bond acceptors (Lipinski definition) is 2. The lowest BCUT2D eigenvalue weighted by Gasteiger charge is -2.33. The summed E-state index contributed by atoms with van der Waals surface area (Å²) in [6, 6.07) is -0.0152. The second kappa shape index (κ2) is 7.47. The molecular weight excluding hydrogens is 283 g/mol. The first kappa shape index (κ1) is 18.3. The summed E-state index contributed by atoms with van der Waals surface area (Å²) in [6.07, 6.45) is -3.26. The van der Waals surface area contributed by atoms with E-state index >= 15 is 0 Å². The first-order valence-corrected chi connectivity index (χ1v) is 7.65. The van der Waals surface area contributed by atoms with E-state index in [-0.39, 0.29) is 43.7 Å². The minimum Gasteiger partial charge on any atom is -0.392 e. The molecule has 21 heavy (non-hydrogen) atoms. The summed E-state index contributed by atoms with van der Waals surface area (Å²) in [5, 5.41) is 9.43. The lowest BCUT2D eigenvalue weighted by atomic mass is 9.80. The SMILES string of the molecule is CC(C)N(C[C@@H](C)O)C(=O)CC1CCC(C(F)(F)F)CC1. The zero-order valence-electron chi connectivity index (χ0n) is 13.0. The van der Waals surface area contributed by atoms with Crippen LogP contribution in [0.4, 0.5) is 13.2 Å². The van der Waals surface area contributed by atoms with E-state index in [2.05, 4.69) is 0 Å². The lowest BCUT2D eigenvalue weighted by Crippen LogP contribution is -2.42. The third kappa shape index (κ3) is 5.85. The van der Waals surface area contributed by atoms with Gasteiger partial charge < -0.3 is 10.0 Å². The number of hydrogen-bond donors (Lipinski definition) is 1. The van der Waals surface area contributed by atoms with Crippen LogP contribution in [-0.2, 0) is 4.79 Å². The summed E-state index contributed by atoms with van der Waals surface area (Å²) < 4.78 is 37.8. The number of amides is 1. The molecule has 1 saturated carbocycles. The number of aliphatic hydroxyl groups is 1. The number of aliphatic hydroxyl groups excluding tert-OH is 1. The average Bonchev–Trinajstić information content (AvgIpc) is 2.34. The van der Waals surface area contributed by atoms with Crippen LogP contribution in [0.3, 0.4) is 0 Å². The standard InChI is InChI=1S/C15H26F3NO2/c1-10(2)19(9-11(3)20)14(21)8-12-4-6-13(7-5-12)15(16,17)18/h10-13,20H,4-9H2,1-3H3/t11-,12?,13?/m1/s1. The van der Waals surface area contributed by atoms with Crippen molar-refractivity contribution in [1.29, 1.82) is 0 Å². The highest BCUT2D eigenvalue weighted by Crippen LogP contribution is 2.40. The molecule has 0 spiro atoms. The summed E-state index contributed by atoms with van der Waals surface area (Å²) >= 11 is 0. The molecule has 0 aromatic carbocycles. The topological polar surface area (TPSA) is 40.5 Å². The van der Waals surface area contributed by atoms with Gasteiger partial charge in [-0.3, -0.25) is 4.79 Å². The highest BCUT2D eigenvalue weighted by atomic mass is 19.4. The van der Waals surface area contributed by atoms with Gasteiger partial charge in [0.15, 0.2) is 0 Å². The average molecular weight is 309 g/mol. The molecule has 0 heterocycles. The highest BCUT2D eigenvalue weighted by molar-refractivity contribution is 5.76. The molecule has 0 aliphatic heterocycles. The van der Waals surface area contributed by atoms with Crippen LogP contribution in [0.5, 0.6) is 0 Å². The van der Waals surface area contributed by atoms with Crippen LogP contribution in [0.25, 0.3) is 0 Å². The van der Waals surface area contributed by atoms with Gasteiger partial charge in [0.1, 0.15) is 0 Å². The molecule has 1 aliphatic rings. The molecule has 0 aromatic rings. The fraction of sp³-hybridized carbons (Fsp3) is 0.933. The van der Waals surface area contributed by atoms with E-state index in [0.29, 0.717) is 12.8 Å². The van der Waals surface area contributed by atoms with Crippen LogP contribution in [0.15, 0.2) is 0 Å². The third-order valence-electron chi connectivity index (χ3n) is 4.18. The molecule has 0 aromatic heterocycles. The van der Waals surface area contributed by atoms with Crippen molar-refractivity contribution in [3.63, 3.8) is 0 Å². The van der Waals surface area contributed by atoms with E-state index in [1.54, 1.807) is 11.8 Å². The van der Waals surface area contributed by atoms with Crippen LogP contribution in [0.1, 0.15) is 52.9 Å². The summed E-state index contributed by atoms with van der Waals surface area (Å²) in [7, 11) is 0. The fourth-order valence-corrected chi connectivity index (χ4v) is 2.94. The zero-order valence-corrected chi connectivity index (χ0v) is 13.0. The molecule has 3 nitrogen and oxygen atoms in total. The quantitative estimate of drug-likeness (QED) is 0.846. The molecule has 1 atom stereocenters. The van der Waals surface area contributed by atoms with Gasteiger partial charge in [-0.05, 0) is 52.4 Å². The number of nitrogens with zero attached hydrogens (tertiary/aromatic N) is 1. The molecule has 0 radical (unpaired) electrons. The maximum Gasteiger partial charge on any atom is 0.391 e. The summed E-state index contributed by atoms with van der Waals surface area (Å²) in [6.45, 7) is 5.65. The third-order valence-corrected chi connectivity index (χ3v) is 4.18. The van der Waals surface area contributed by atoms with Crippen molar-refractivity contribution in [3.05, 3.63) is 0 Å². The van der Waals surface area contributed by atoms with Crippen molar-refractivity contribution in [3.8, 4) is 0 Å². The Morgan fingerprint density at radius 2 is 1.71 bits per heavy atom. The van der Waals surface area contributed by atoms with Crippen molar-refractivity contribution in [2.45, 2.75) is 71.2 Å². The number of carbonyl (C=O) groups is 1. The first-order chi connectivity index (χ1) is 9.61. The Morgan fingerprint density at radius 3 is 2.10 bits per heavy atom. The maximum absolute atomic E-state index is 12.6. The van der Waals surface area contributed by atoms with E-state index in [9.17, 15) is 23.1 Å². The molecule has 1 rings (SSSR count). The Labute approximate surface area is 124 Å². The van der Waals surface area contributed by atoms with Gasteiger partial charge >= 0.3 is 6.18 Å². The molecule has 1 fully saturated rings. The van der Waals surface area contributed by atoms with Crippen molar-refractivity contribution in [2.24, 2.45) is 11.8 Å². The lowest BCUT2D eigenvalue weighted by molar-refractivity contribution is -0.184. The van der Waals surface area contributed by atoms with E-state index in [4.69, 9.17) is 0 Å². The number of rotatable bonds is 5. The maximum atomic E-state index is 12.6. The number of halogens is 3. The van der Waals surface area contributed by atoms with Gasteiger partial charge in [-0.2, -0.15) is 13.2 Å².